The third-order valence-corrected chi connectivity index (χ3v) is 2.86. The molecule has 0 fully saturated rings. The van der Waals surface area contributed by atoms with E-state index in [2.05, 4.69) is 10.4 Å². The molecule has 0 spiro atoms. The molecular formula is C13H14N4O4. The van der Waals surface area contributed by atoms with Crippen LogP contribution in [0.25, 0.3) is 0 Å². The average Bonchev–Trinajstić information content (AvgIpc) is 2.90. The van der Waals surface area contributed by atoms with Crippen LogP contribution >= 0.6 is 0 Å². The molecule has 110 valence electrons. The number of hydrogen-bond donors (Lipinski definition) is 2. The van der Waals surface area contributed by atoms with Crippen LogP contribution in [0.5, 0.6) is 0 Å². The van der Waals surface area contributed by atoms with E-state index in [1.54, 1.807) is 16.9 Å². The molecule has 0 aliphatic carbocycles. The van der Waals surface area contributed by atoms with Gasteiger partial charge in [0.15, 0.2) is 0 Å². The first kappa shape index (κ1) is 14.5. The molecule has 0 aliphatic rings. The number of aromatic nitrogens is 2. The number of hydrogen-bond acceptors (Lipinski definition) is 5. The van der Waals surface area contributed by atoms with Gasteiger partial charge in [-0.25, -0.2) is 4.79 Å². The highest BCUT2D eigenvalue weighted by molar-refractivity contribution is 5.93. The van der Waals surface area contributed by atoms with Crippen LogP contribution in [-0.4, -0.2) is 31.8 Å². The zero-order chi connectivity index (χ0) is 15.4. The molecule has 1 atom stereocenters. The molecule has 21 heavy (non-hydrogen) atoms. The van der Waals surface area contributed by atoms with Crippen LogP contribution in [0.15, 0.2) is 36.7 Å². The van der Waals surface area contributed by atoms with E-state index in [-0.39, 0.29) is 11.6 Å². The molecule has 0 bridgehead atoms. The Hall–Kier alpha value is -2.90. The molecule has 1 aromatic carbocycles. The Labute approximate surface area is 120 Å². The van der Waals surface area contributed by atoms with Gasteiger partial charge >= 0.3 is 5.97 Å². The first-order valence-corrected chi connectivity index (χ1v) is 6.23. The SMILES string of the molecule is CC(Cn1cccn1)Nc1ccc(C(=O)O)c([N+](=O)[O-])c1. The maximum atomic E-state index is 10.9. The molecule has 1 aromatic heterocycles. The predicted octanol–water partition coefficient (Wildman–Crippen LogP) is 1.99. The number of nitrogens with zero attached hydrogens (tertiary/aromatic N) is 3. The zero-order valence-corrected chi connectivity index (χ0v) is 11.3. The molecule has 1 heterocycles. The summed E-state index contributed by atoms with van der Waals surface area (Å²) >= 11 is 0. The van der Waals surface area contributed by atoms with Crippen molar-refractivity contribution >= 4 is 17.3 Å². The molecule has 0 saturated heterocycles. The second-order valence-electron chi connectivity index (χ2n) is 4.57. The predicted molar refractivity (Wildman–Crippen MR) is 75.4 cm³/mol. The second kappa shape index (κ2) is 6.04. The topological polar surface area (TPSA) is 110 Å². The Morgan fingerprint density at radius 2 is 2.33 bits per heavy atom. The summed E-state index contributed by atoms with van der Waals surface area (Å²) in [5.41, 5.74) is -0.268. The van der Waals surface area contributed by atoms with E-state index in [1.807, 2.05) is 13.1 Å². The maximum Gasteiger partial charge on any atom is 0.342 e. The first-order valence-electron chi connectivity index (χ1n) is 6.23. The normalized spacial score (nSPS) is 11.9. The summed E-state index contributed by atoms with van der Waals surface area (Å²) in [6.07, 6.45) is 3.48. The van der Waals surface area contributed by atoms with Crippen molar-refractivity contribution in [2.45, 2.75) is 19.5 Å². The van der Waals surface area contributed by atoms with Gasteiger partial charge in [-0.05, 0) is 25.1 Å². The number of rotatable bonds is 6. The van der Waals surface area contributed by atoms with Gasteiger partial charge in [-0.2, -0.15) is 5.10 Å². The average molecular weight is 290 g/mol. The minimum absolute atomic E-state index is 0.0276. The van der Waals surface area contributed by atoms with E-state index >= 15 is 0 Å². The van der Waals surface area contributed by atoms with Gasteiger partial charge in [0, 0.05) is 30.2 Å². The van der Waals surface area contributed by atoms with Crippen molar-refractivity contribution in [3.63, 3.8) is 0 Å². The molecule has 0 radical (unpaired) electrons. The number of benzene rings is 1. The highest BCUT2D eigenvalue weighted by Crippen LogP contribution is 2.23. The number of carboxylic acid groups (broad SMARTS) is 1. The summed E-state index contributed by atoms with van der Waals surface area (Å²) in [5, 5.41) is 27.0. The number of nitrogens with one attached hydrogen (secondary N) is 1. The lowest BCUT2D eigenvalue weighted by atomic mass is 10.1. The number of carboxylic acids is 1. The fraction of sp³-hybridized carbons (Fsp3) is 0.231. The monoisotopic (exact) mass is 290 g/mol. The van der Waals surface area contributed by atoms with Gasteiger partial charge in [0.2, 0.25) is 0 Å². The summed E-state index contributed by atoms with van der Waals surface area (Å²) in [5.74, 6) is -1.32. The number of nitro benzene ring substituents is 1. The molecule has 8 nitrogen and oxygen atoms in total. The Morgan fingerprint density at radius 3 is 2.90 bits per heavy atom. The lowest BCUT2D eigenvalue weighted by Gasteiger charge is -2.15. The number of carbonyl (C=O) groups is 1. The molecule has 2 aromatic rings. The number of anilines is 1. The van der Waals surface area contributed by atoms with Crippen molar-refractivity contribution in [1.29, 1.82) is 0 Å². The Balaban J connectivity index is 2.15. The minimum Gasteiger partial charge on any atom is -0.477 e. The third kappa shape index (κ3) is 3.56. The maximum absolute atomic E-state index is 10.9. The summed E-state index contributed by atoms with van der Waals surface area (Å²) in [6.45, 7) is 2.49. The Kier molecular flexibility index (Phi) is 4.17. The van der Waals surface area contributed by atoms with Gasteiger partial charge in [-0.1, -0.05) is 0 Å². The largest absolute Gasteiger partial charge is 0.477 e. The molecule has 2 rings (SSSR count). The quantitative estimate of drug-likeness (QED) is 0.621. The fourth-order valence-corrected chi connectivity index (χ4v) is 1.97. The smallest absolute Gasteiger partial charge is 0.342 e. The fourth-order valence-electron chi connectivity index (χ4n) is 1.97. The van der Waals surface area contributed by atoms with Crippen LogP contribution in [0.1, 0.15) is 17.3 Å². The molecule has 0 amide bonds. The van der Waals surface area contributed by atoms with Gasteiger partial charge < -0.3 is 10.4 Å². The Morgan fingerprint density at radius 1 is 1.57 bits per heavy atom. The van der Waals surface area contributed by atoms with E-state index in [1.165, 1.54) is 18.2 Å². The minimum atomic E-state index is -1.32. The van der Waals surface area contributed by atoms with Crippen molar-refractivity contribution in [2.24, 2.45) is 0 Å². The van der Waals surface area contributed by atoms with Crippen LogP contribution in [-0.2, 0) is 6.54 Å². The van der Waals surface area contributed by atoms with Crippen molar-refractivity contribution < 1.29 is 14.8 Å². The third-order valence-electron chi connectivity index (χ3n) is 2.86. The van der Waals surface area contributed by atoms with Gasteiger partial charge in [0.1, 0.15) is 5.56 Å². The van der Waals surface area contributed by atoms with E-state index in [0.29, 0.717) is 12.2 Å². The van der Waals surface area contributed by atoms with Crippen LogP contribution in [0.2, 0.25) is 0 Å². The molecular weight excluding hydrogens is 276 g/mol. The number of nitro groups is 1. The van der Waals surface area contributed by atoms with E-state index in [4.69, 9.17) is 5.11 Å². The second-order valence-corrected chi connectivity index (χ2v) is 4.57. The number of aromatic carboxylic acids is 1. The lowest BCUT2D eigenvalue weighted by Crippen LogP contribution is -2.22. The van der Waals surface area contributed by atoms with Gasteiger partial charge in [-0.15, -0.1) is 0 Å². The molecule has 0 saturated carbocycles. The highest BCUT2D eigenvalue weighted by Gasteiger charge is 2.20. The Bertz CT molecular complexity index is 654. The standard InChI is InChI=1S/C13H14N4O4/c1-9(8-16-6-2-5-14-16)15-10-3-4-11(13(18)19)12(7-10)17(20)21/h2-7,9,15H,8H2,1H3,(H,18,19). The van der Waals surface area contributed by atoms with Crippen molar-refractivity contribution in [2.75, 3.05) is 5.32 Å². The molecule has 2 N–H and O–H groups in total. The lowest BCUT2D eigenvalue weighted by molar-refractivity contribution is -0.385. The van der Waals surface area contributed by atoms with Gasteiger partial charge in [-0.3, -0.25) is 14.8 Å². The summed E-state index contributed by atoms with van der Waals surface area (Å²) in [7, 11) is 0. The van der Waals surface area contributed by atoms with E-state index in [0.717, 1.165) is 0 Å². The summed E-state index contributed by atoms with van der Waals surface area (Å²) in [6, 6.07) is 5.74. The summed E-state index contributed by atoms with van der Waals surface area (Å²) in [4.78, 5) is 21.2. The van der Waals surface area contributed by atoms with E-state index in [9.17, 15) is 14.9 Å². The van der Waals surface area contributed by atoms with Crippen molar-refractivity contribution in [3.8, 4) is 0 Å². The zero-order valence-electron chi connectivity index (χ0n) is 11.3. The molecule has 1 unspecified atom stereocenters. The van der Waals surface area contributed by atoms with Crippen molar-refractivity contribution in [1.82, 2.24) is 9.78 Å². The van der Waals surface area contributed by atoms with Crippen LogP contribution in [0.3, 0.4) is 0 Å². The molecule has 0 aliphatic heterocycles. The molecule has 8 heteroatoms. The van der Waals surface area contributed by atoms with E-state index < -0.39 is 16.6 Å². The van der Waals surface area contributed by atoms with Crippen LogP contribution < -0.4 is 5.32 Å². The highest BCUT2D eigenvalue weighted by atomic mass is 16.6. The summed E-state index contributed by atoms with van der Waals surface area (Å²) < 4.78 is 1.73. The van der Waals surface area contributed by atoms with Gasteiger partial charge in [0.05, 0.1) is 11.5 Å². The van der Waals surface area contributed by atoms with Gasteiger partial charge in [0.25, 0.3) is 5.69 Å². The van der Waals surface area contributed by atoms with Crippen molar-refractivity contribution in [3.05, 3.63) is 52.3 Å². The first-order chi connectivity index (χ1) is 9.97. The van der Waals surface area contributed by atoms with Crippen LogP contribution in [0.4, 0.5) is 11.4 Å². The van der Waals surface area contributed by atoms with Crippen LogP contribution in [0, 0.1) is 10.1 Å².